The first-order chi connectivity index (χ1) is 17.5. The van der Waals surface area contributed by atoms with Crippen LogP contribution in [0.15, 0.2) is 83.8 Å². The maximum absolute atomic E-state index is 13.7. The number of aromatic nitrogens is 4. The number of ether oxygens (including phenoxy) is 1. The van der Waals surface area contributed by atoms with Gasteiger partial charge in [0, 0.05) is 11.8 Å². The van der Waals surface area contributed by atoms with Gasteiger partial charge in [-0.3, -0.25) is 9.36 Å². The molecule has 0 aliphatic heterocycles. The summed E-state index contributed by atoms with van der Waals surface area (Å²) in [4.78, 5) is 27.2. The Balaban J connectivity index is 1.66. The molecule has 3 aromatic carbocycles. The molecule has 2 heterocycles. The average molecular weight is 499 g/mol. The Morgan fingerprint density at radius 3 is 2.58 bits per heavy atom. The molecule has 0 aliphatic rings. The molecule has 0 spiro atoms. The van der Waals surface area contributed by atoms with Gasteiger partial charge in [0.15, 0.2) is 0 Å². The van der Waals surface area contributed by atoms with Crippen LogP contribution in [0.25, 0.3) is 27.7 Å². The zero-order valence-electron chi connectivity index (χ0n) is 19.6. The minimum Gasteiger partial charge on any atom is -0.497 e. The Morgan fingerprint density at radius 2 is 1.81 bits per heavy atom. The fourth-order valence-corrected chi connectivity index (χ4v) is 4.35. The van der Waals surface area contributed by atoms with Crippen molar-refractivity contribution in [2.45, 2.75) is 13.0 Å². The molecule has 0 bridgehead atoms. The van der Waals surface area contributed by atoms with Gasteiger partial charge in [0.05, 0.1) is 34.8 Å². The second-order valence-electron chi connectivity index (χ2n) is 8.17. The Hall–Kier alpha value is -4.43. The van der Waals surface area contributed by atoms with Crippen LogP contribution in [0.2, 0.25) is 5.02 Å². The zero-order valence-corrected chi connectivity index (χ0v) is 20.4. The first-order valence-electron chi connectivity index (χ1n) is 11.3. The van der Waals surface area contributed by atoms with E-state index in [9.17, 15) is 4.79 Å². The van der Waals surface area contributed by atoms with Crippen LogP contribution in [-0.4, -0.2) is 26.6 Å². The number of fused-ring (bicyclic) bond motifs is 1. The smallest absolute Gasteiger partial charge is 0.267 e. The average Bonchev–Trinajstić information content (AvgIpc) is 2.89. The molecule has 2 aromatic heterocycles. The lowest BCUT2D eigenvalue weighted by molar-refractivity contribution is 0.415. The van der Waals surface area contributed by atoms with E-state index in [1.165, 1.54) is 0 Å². The summed E-state index contributed by atoms with van der Waals surface area (Å²) in [6, 6.07) is 21.7. The Kier molecular flexibility index (Phi) is 6.26. The van der Waals surface area contributed by atoms with E-state index < -0.39 is 6.04 Å². The van der Waals surface area contributed by atoms with Crippen molar-refractivity contribution in [3.05, 3.63) is 100 Å². The van der Waals surface area contributed by atoms with E-state index in [-0.39, 0.29) is 11.5 Å². The van der Waals surface area contributed by atoms with Gasteiger partial charge in [-0.15, -0.1) is 0 Å². The summed E-state index contributed by atoms with van der Waals surface area (Å²) in [6.07, 6.45) is 1.66. The van der Waals surface area contributed by atoms with Crippen molar-refractivity contribution in [2.75, 3.05) is 18.2 Å². The van der Waals surface area contributed by atoms with Crippen LogP contribution in [-0.2, 0) is 0 Å². The van der Waals surface area contributed by atoms with Crippen molar-refractivity contribution in [1.82, 2.24) is 19.5 Å². The van der Waals surface area contributed by atoms with Crippen LogP contribution in [0.1, 0.15) is 18.8 Å². The highest BCUT2D eigenvalue weighted by Gasteiger charge is 2.21. The molecule has 9 heteroatoms. The summed E-state index contributed by atoms with van der Waals surface area (Å²) in [5, 5.41) is 4.11. The van der Waals surface area contributed by atoms with Crippen molar-refractivity contribution < 1.29 is 4.74 Å². The van der Waals surface area contributed by atoms with E-state index in [2.05, 4.69) is 15.3 Å². The van der Waals surface area contributed by atoms with Gasteiger partial charge in [-0.1, -0.05) is 48.0 Å². The van der Waals surface area contributed by atoms with E-state index in [1.807, 2.05) is 61.5 Å². The van der Waals surface area contributed by atoms with Crippen molar-refractivity contribution in [1.29, 1.82) is 0 Å². The van der Waals surface area contributed by atoms with Crippen LogP contribution < -0.4 is 21.3 Å². The number of para-hydroxylation sites is 1. The maximum atomic E-state index is 13.7. The summed E-state index contributed by atoms with van der Waals surface area (Å²) < 4.78 is 6.95. The highest BCUT2D eigenvalue weighted by atomic mass is 35.5. The van der Waals surface area contributed by atoms with E-state index in [4.69, 9.17) is 27.1 Å². The van der Waals surface area contributed by atoms with Gasteiger partial charge in [-0.25, -0.2) is 9.97 Å². The van der Waals surface area contributed by atoms with Crippen molar-refractivity contribution in [3.63, 3.8) is 0 Å². The van der Waals surface area contributed by atoms with E-state index in [1.54, 1.807) is 36.1 Å². The van der Waals surface area contributed by atoms with Crippen LogP contribution >= 0.6 is 11.6 Å². The molecule has 0 saturated heterocycles. The molecule has 0 radical (unpaired) electrons. The van der Waals surface area contributed by atoms with Crippen LogP contribution in [0, 0.1) is 0 Å². The predicted octanol–water partition coefficient (Wildman–Crippen LogP) is 5.26. The van der Waals surface area contributed by atoms with E-state index in [0.29, 0.717) is 39.0 Å². The second-order valence-corrected chi connectivity index (χ2v) is 8.58. The number of nitrogens with zero attached hydrogens (tertiary/aromatic N) is 4. The van der Waals surface area contributed by atoms with Gasteiger partial charge < -0.3 is 15.8 Å². The van der Waals surface area contributed by atoms with Crippen LogP contribution in [0.3, 0.4) is 0 Å². The summed E-state index contributed by atoms with van der Waals surface area (Å²) in [6.45, 7) is 1.91. The van der Waals surface area contributed by atoms with Crippen LogP contribution in [0.5, 0.6) is 5.75 Å². The van der Waals surface area contributed by atoms with E-state index in [0.717, 1.165) is 11.1 Å². The topological polar surface area (TPSA) is 108 Å². The summed E-state index contributed by atoms with van der Waals surface area (Å²) in [7, 11) is 1.61. The zero-order chi connectivity index (χ0) is 25.2. The molecule has 3 N–H and O–H groups in total. The number of hydrogen-bond acceptors (Lipinski definition) is 7. The van der Waals surface area contributed by atoms with Gasteiger partial charge in [0.1, 0.15) is 17.4 Å². The van der Waals surface area contributed by atoms with Gasteiger partial charge >= 0.3 is 0 Å². The number of methoxy groups -OCH3 is 1. The fourth-order valence-electron chi connectivity index (χ4n) is 4.10. The Labute approximate surface area is 212 Å². The van der Waals surface area contributed by atoms with Gasteiger partial charge in [-0.05, 0) is 48.9 Å². The summed E-state index contributed by atoms with van der Waals surface area (Å²) in [5.41, 5.74) is 8.45. The number of nitrogen functional groups attached to an aromatic ring is 1. The molecule has 0 fully saturated rings. The molecule has 180 valence electrons. The summed E-state index contributed by atoms with van der Waals surface area (Å²) in [5.74, 6) is 1.82. The predicted molar refractivity (Wildman–Crippen MR) is 143 cm³/mol. The third-order valence-corrected chi connectivity index (χ3v) is 6.13. The minimum absolute atomic E-state index is 0.120. The second kappa shape index (κ2) is 9.67. The first-order valence-corrected chi connectivity index (χ1v) is 11.6. The molecule has 1 atom stereocenters. The fraction of sp³-hybridized carbons (Fsp3) is 0.111. The Morgan fingerprint density at radius 1 is 1.03 bits per heavy atom. The summed E-state index contributed by atoms with van der Waals surface area (Å²) >= 11 is 6.40. The lowest BCUT2D eigenvalue weighted by Crippen LogP contribution is -2.27. The molecule has 0 aliphatic carbocycles. The third-order valence-electron chi connectivity index (χ3n) is 5.82. The standard InChI is InChI=1S/C27H23ClN6O2/c1-16(31-24-20(15-30-27(29)33-24)17-8-6-11-19(14-17)36-2)25-32-22-13-7-12-21(28)23(22)26(35)34(25)18-9-4-3-5-10-18/h3-16H,1-2H3,(H3,29,30,31,33)/t16-/m0/s1. The molecule has 5 aromatic rings. The number of hydrogen-bond donors (Lipinski definition) is 2. The van der Waals surface area contributed by atoms with Crippen molar-refractivity contribution in [3.8, 4) is 22.6 Å². The minimum atomic E-state index is -0.444. The largest absolute Gasteiger partial charge is 0.497 e. The molecular formula is C27H23ClN6O2. The quantitative estimate of drug-likeness (QED) is 0.328. The molecular weight excluding hydrogens is 476 g/mol. The number of rotatable bonds is 6. The van der Waals surface area contributed by atoms with E-state index >= 15 is 0 Å². The molecule has 0 unspecified atom stereocenters. The van der Waals surface area contributed by atoms with Crippen molar-refractivity contribution >= 4 is 34.3 Å². The monoisotopic (exact) mass is 498 g/mol. The van der Waals surface area contributed by atoms with Crippen molar-refractivity contribution in [2.24, 2.45) is 0 Å². The Bertz CT molecular complexity index is 1620. The molecule has 8 nitrogen and oxygen atoms in total. The lowest BCUT2D eigenvalue weighted by Gasteiger charge is -2.21. The van der Waals surface area contributed by atoms with Gasteiger partial charge in [0.2, 0.25) is 5.95 Å². The number of benzene rings is 3. The maximum Gasteiger partial charge on any atom is 0.267 e. The number of nitrogens with one attached hydrogen (secondary N) is 1. The number of anilines is 2. The normalized spacial score (nSPS) is 11.9. The van der Waals surface area contributed by atoms with Gasteiger partial charge in [-0.2, -0.15) is 4.98 Å². The molecule has 0 amide bonds. The highest BCUT2D eigenvalue weighted by Crippen LogP contribution is 2.31. The number of halogens is 1. The SMILES string of the molecule is COc1cccc(-c2cnc(N)nc2N[C@@H](C)c2nc3cccc(Cl)c3c(=O)n2-c2ccccc2)c1. The highest BCUT2D eigenvalue weighted by molar-refractivity contribution is 6.35. The lowest BCUT2D eigenvalue weighted by atomic mass is 10.1. The number of nitrogens with two attached hydrogens (primary N) is 1. The third kappa shape index (κ3) is 4.34. The molecule has 0 saturated carbocycles. The van der Waals surface area contributed by atoms with Crippen LogP contribution in [0.4, 0.5) is 11.8 Å². The molecule has 5 rings (SSSR count). The molecule has 36 heavy (non-hydrogen) atoms. The first kappa shape index (κ1) is 23.3. The van der Waals surface area contributed by atoms with Gasteiger partial charge in [0.25, 0.3) is 5.56 Å².